The minimum atomic E-state index is -0.103. The molecular formula is C20H26N2O4. The van der Waals surface area contributed by atoms with Crippen molar-refractivity contribution in [3.63, 3.8) is 0 Å². The summed E-state index contributed by atoms with van der Waals surface area (Å²) in [5, 5.41) is 2.98. The van der Waals surface area contributed by atoms with Crippen LogP contribution in [0.4, 0.5) is 0 Å². The highest BCUT2D eigenvalue weighted by molar-refractivity contribution is 5.77. The molecule has 1 aliphatic heterocycles. The normalized spacial score (nSPS) is 15.6. The summed E-state index contributed by atoms with van der Waals surface area (Å²) in [6.45, 7) is 3.61. The number of nitrogens with zero attached hydrogens (tertiary/aromatic N) is 1. The number of rotatable bonds is 8. The first kappa shape index (κ1) is 18.3. The topological polar surface area (TPSA) is 63.9 Å². The van der Waals surface area contributed by atoms with E-state index in [1.165, 1.54) is 0 Å². The summed E-state index contributed by atoms with van der Waals surface area (Å²) in [7, 11) is 1.58. The van der Waals surface area contributed by atoms with Crippen LogP contribution in [0.1, 0.15) is 18.6 Å². The van der Waals surface area contributed by atoms with Crippen molar-refractivity contribution in [2.24, 2.45) is 5.92 Å². The van der Waals surface area contributed by atoms with Crippen molar-refractivity contribution in [1.29, 1.82) is 0 Å². The number of benzene rings is 1. The monoisotopic (exact) mass is 358 g/mol. The highest BCUT2D eigenvalue weighted by atomic mass is 16.5. The molecule has 0 atom stereocenters. The van der Waals surface area contributed by atoms with Gasteiger partial charge in [0, 0.05) is 6.54 Å². The van der Waals surface area contributed by atoms with Crippen molar-refractivity contribution >= 4 is 5.91 Å². The Labute approximate surface area is 154 Å². The maximum absolute atomic E-state index is 12.0. The first-order chi connectivity index (χ1) is 12.7. The van der Waals surface area contributed by atoms with E-state index in [1.807, 2.05) is 30.3 Å². The Morgan fingerprint density at radius 1 is 1.19 bits per heavy atom. The minimum Gasteiger partial charge on any atom is -0.493 e. The molecule has 2 heterocycles. The number of furan rings is 1. The van der Waals surface area contributed by atoms with Gasteiger partial charge in [-0.15, -0.1) is 0 Å². The third-order valence-electron chi connectivity index (χ3n) is 4.68. The van der Waals surface area contributed by atoms with Crippen molar-refractivity contribution in [3.8, 4) is 11.5 Å². The van der Waals surface area contributed by atoms with Crippen LogP contribution in [0.15, 0.2) is 47.1 Å². The largest absolute Gasteiger partial charge is 0.493 e. The third kappa shape index (κ3) is 5.26. The number of nitrogens with one attached hydrogen (secondary N) is 1. The van der Waals surface area contributed by atoms with Crippen molar-refractivity contribution < 1.29 is 18.7 Å². The molecule has 1 fully saturated rings. The van der Waals surface area contributed by atoms with Crippen LogP contribution in [0.25, 0.3) is 0 Å². The van der Waals surface area contributed by atoms with Crippen LogP contribution in [0.3, 0.4) is 0 Å². The fraction of sp³-hybridized carbons (Fsp3) is 0.450. The predicted molar refractivity (Wildman–Crippen MR) is 98.2 cm³/mol. The number of amides is 1. The maximum atomic E-state index is 12.0. The second kappa shape index (κ2) is 9.29. The van der Waals surface area contributed by atoms with Gasteiger partial charge in [-0.2, -0.15) is 0 Å². The number of hydrogen-bond acceptors (Lipinski definition) is 5. The van der Waals surface area contributed by atoms with E-state index in [-0.39, 0.29) is 12.5 Å². The molecule has 1 aliphatic rings. The van der Waals surface area contributed by atoms with Crippen LogP contribution in [0, 0.1) is 5.92 Å². The Bertz CT molecular complexity index is 679. The lowest BCUT2D eigenvalue weighted by molar-refractivity contribution is -0.123. The number of carbonyl (C=O) groups is 1. The average molecular weight is 358 g/mol. The van der Waals surface area contributed by atoms with E-state index in [1.54, 1.807) is 19.4 Å². The smallest absolute Gasteiger partial charge is 0.257 e. The Morgan fingerprint density at radius 2 is 1.96 bits per heavy atom. The number of para-hydroxylation sites is 2. The molecule has 6 nitrogen and oxygen atoms in total. The van der Waals surface area contributed by atoms with Gasteiger partial charge in [0.25, 0.3) is 5.91 Å². The van der Waals surface area contributed by atoms with Gasteiger partial charge < -0.3 is 19.2 Å². The van der Waals surface area contributed by atoms with Crippen LogP contribution in [0.2, 0.25) is 0 Å². The Hall–Kier alpha value is -2.47. The molecule has 6 heteroatoms. The van der Waals surface area contributed by atoms with Gasteiger partial charge in [-0.3, -0.25) is 9.69 Å². The zero-order chi connectivity index (χ0) is 18.2. The standard InChI is InChI=1S/C20H26N2O4/c1-24-18-6-2-3-7-19(18)26-15-20(23)21-13-16-8-10-22(11-9-16)14-17-5-4-12-25-17/h2-7,12,16H,8-11,13-15H2,1H3,(H,21,23). The van der Waals surface area contributed by atoms with Crippen molar-refractivity contribution in [2.45, 2.75) is 19.4 Å². The van der Waals surface area contributed by atoms with Gasteiger partial charge in [-0.1, -0.05) is 12.1 Å². The molecule has 0 aliphatic carbocycles. The highest BCUT2D eigenvalue weighted by Gasteiger charge is 2.20. The van der Waals surface area contributed by atoms with Crippen molar-refractivity contribution in [1.82, 2.24) is 10.2 Å². The van der Waals surface area contributed by atoms with E-state index < -0.39 is 0 Å². The molecule has 0 saturated carbocycles. The van der Waals surface area contributed by atoms with Crippen LogP contribution in [-0.4, -0.2) is 44.2 Å². The molecule has 0 radical (unpaired) electrons. The first-order valence-corrected chi connectivity index (χ1v) is 9.02. The Kier molecular flexibility index (Phi) is 6.55. The second-order valence-corrected chi connectivity index (χ2v) is 6.54. The molecule has 1 aromatic carbocycles. The SMILES string of the molecule is COc1ccccc1OCC(=O)NCC1CCN(Cc2ccco2)CC1. The summed E-state index contributed by atoms with van der Waals surface area (Å²) in [6, 6.07) is 11.2. The quantitative estimate of drug-likeness (QED) is 0.786. The Balaban J connectivity index is 1.34. The maximum Gasteiger partial charge on any atom is 0.257 e. The Morgan fingerprint density at radius 3 is 2.65 bits per heavy atom. The summed E-state index contributed by atoms with van der Waals surface area (Å²) in [5.41, 5.74) is 0. The molecule has 1 N–H and O–H groups in total. The molecular weight excluding hydrogens is 332 g/mol. The number of carbonyl (C=O) groups excluding carboxylic acids is 1. The van der Waals surface area contributed by atoms with E-state index in [9.17, 15) is 4.79 Å². The summed E-state index contributed by atoms with van der Waals surface area (Å²) in [4.78, 5) is 14.4. The molecule has 26 heavy (non-hydrogen) atoms. The van der Waals surface area contributed by atoms with Crippen LogP contribution >= 0.6 is 0 Å². The molecule has 2 aromatic rings. The van der Waals surface area contributed by atoms with Gasteiger partial charge in [0.15, 0.2) is 18.1 Å². The summed E-state index contributed by atoms with van der Waals surface area (Å²) in [5.74, 6) is 2.62. The van der Waals surface area contributed by atoms with Gasteiger partial charge in [0.2, 0.25) is 0 Å². The highest BCUT2D eigenvalue weighted by Crippen LogP contribution is 2.25. The second-order valence-electron chi connectivity index (χ2n) is 6.54. The predicted octanol–water partition coefficient (Wildman–Crippen LogP) is 2.70. The zero-order valence-electron chi connectivity index (χ0n) is 15.1. The van der Waals surface area contributed by atoms with Gasteiger partial charge >= 0.3 is 0 Å². The molecule has 1 aromatic heterocycles. The molecule has 3 rings (SSSR count). The number of likely N-dealkylation sites (tertiary alicyclic amines) is 1. The average Bonchev–Trinajstić information content (AvgIpc) is 3.19. The van der Waals surface area contributed by atoms with Crippen LogP contribution < -0.4 is 14.8 Å². The lowest BCUT2D eigenvalue weighted by atomic mass is 9.96. The van der Waals surface area contributed by atoms with E-state index in [4.69, 9.17) is 13.9 Å². The molecule has 140 valence electrons. The number of ether oxygens (including phenoxy) is 2. The number of hydrogen-bond donors (Lipinski definition) is 1. The molecule has 0 unspecified atom stereocenters. The van der Waals surface area contributed by atoms with Crippen molar-refractivity contribution in [2.75, 3.05) is 33.4 Å². The summed E-state index contributed by atoms with van der Waals surface area (Å²) in [6.07, 6.45) is 3.87. The first-order valence-electron chi connectivity index (χ1n) is 9.02. The van der Waals surface area contributed by atoms with Gasteiger partial charge in [0.05, 0.1) is 19.9 Å². The van der Waals surface area contributed by atoms with E-state index >= 15 is 0 Å². The molecule has 0 spiro atoms. The van der Waals surface area contributed by atoms with E-state index in [2.05, 4.69) is 10.2 Å². The van der Waals surface area contributed by atoms with Crippen molar-refractivity contribution in [3.05, 3.63) is 48.4 Å². The fourth-order valence-corrected chi connectivity index (χ4v) is 3.16. The summed E-state index contributed by atoms with van der Waals surface area (Å²) < 4.78 is 16.2. The van der Waals surface area contributed by atoms with Gasteiger partial charge in [-0.05, 0) is 56.1 Å². The minimum absolute atomic E-state index is 0.00227. The molecule has 1 saturated heterocycles. The fourth-order valence-electron chi connectivity index (χ4n) is 3.16. The molecule has 0 bridgehead atoms. The lowest BCUT2D eigenvalue weighted by Gasteiger charge is -2.31. The van der Waals surface area contributed by atoms with Gasteiger partial charge in [0.1, 0.15) is 5.76 Å². The van der Waals surface area contributed by atoms with E-state index in [0.29, 0.717) is 24.0 Å². The number of methoxy groups -OCH3 is 1. The summed E-state index contributed by atoms with van der Waals surface area (Å²) >= 11 is 0. The number of piperidine rings is 1. The van der Waals surface area contributed by atoms with Gasteiger partial charge in [-0.25, -0.2) is 0 Å². The van der Waals surface area contributed by atoms with Crippen LogP contribution in [0.5, 0.6) is 11.5 Å². The lowest BCUT2D eigenvalue weighted by Crippen LogP contribution is -2.39. The third-order valence-corrected chi connectivity index (χ3v) is 4.68. The van der Waals surface area contributed by atoms with E-state index in [0.717, 1.165) is 38.2 Å². The zero-order valence-corrected chi connectivity index (χ0v) is 15.1. The molecule has 1 amide bonds. The van der Waals surface area contributed by atoms with Crippen LogP contribution in [-0.2, 0) is 11.3 Å².